The quantitative estimate of drug-likeness (QED) is 0.619. The van der Waals surface area contributed by atoms with E-state index >= 15 is 0 Å². The standard InChI is InChI=1S/C14H19FN2O3/c15-13-4-5-14(17(19)20)12(6-13)8-16-7-10-2-1-3-11(10)9-18/h4-6,10-11,16,18H,1-3,7-9H2. The topological polar surface area (TPSA) is 75.4 Å². The first-order chi connectivity index (χ1) is 9.61. The molecule has 0 saturated heterocycles. The smallest absolute Gasteiger partial charge is 0.274 e. The summed E-state index contributed by atoms with van der Waals surface area (Å²) in [5, 5.41) is 23.3. The minimum atomic E-state index is -0.497. The second-order valence-electron chi connectivity index (χ2n) is 5.29. The second-order valence-corrected chi connectivity index (χ2v) is 5.29. The fourth-order valence-electron chi connectivity index (χ4n) is 2.89. The maximum Gasteiger partial charge on any atom is 0.274 e. The van der Waals surface area contributed by atoms with Gasteiger partial charge in [-0.05, 0) is 43.4 Å². The number of benzene rings is 1. The number of hydrogen-bond donors (Lipinski definition) is 2. The molecule has 0 bridgehead atoms. The lowest BCUT2D eigenvalue weighted by Crippen LogP contribution is -2.26. The molecular weight excluding hydrogens is 263 g/mol. The molecule has 0 radical (unpaired) electrons. The van der Waals surface area contributed by atoms with Gasteiger partial charge in [0.1, 0.15) is 5.82 Å². The lowest BCUT2D eigenvalue weighted by atomic mass is 9.97. The molecule has 0 heterocycles. The van der Waals surface area contributed by atoms with Crippen LogP contribution in [-0.2, 0) is 6.54 Å². The van der Waals surface area contributed by atoms with E-state index in [1.54, 1.807) is 0 Å². The summed E-state index contributed by atoms with van der Waals surface area (Å²) in [6, 6.07) is 3.49. The number of nitro benzene ring substituents is 1. The average molecular weight is 282 g/mol. The van der Waals surface area contributed by atoms with Crippen molar-refractivity contribution in [2.24, 2.45) is 11.8 Å². The Hall–Kier alpha value is -1.53. The van der Waals surface area contributed by atoms with E-state index in [0.717, 1.165) is 25.3 Å². The van der Waals surface area contributed by atoms with Crippen LogP contribution in [0.3, 0.4) is 0 Å². The zero-order chi connectivity index (χ0) is 14.5. The van der Waals surface area contributed by atoms with E-state index in [2.05, 4.69) is 5.32 Å². The van der Waals surface area contributed by atoms with Crippen molar-refractivity contribution in [3.8, 4) is 0 Å². The van der Waals surface area contributed by atoms with Gasteiger partial charge < -0.3 is 10.4 Å². The van der Waals surface area contributed by atoms with Crippen molar-refractivity contribution in [3.63, 3.8) is 0 Å². The summed E-state index contributed by atoms with van der Waals surface area (Å²) in [6.45, 7) is 1.15. The van der Waals surface area contributed by atoms with Crippen LogP contribution in [0.4, 0.5) is 10.1 Å². The van der Waals surface area contributed by atoms with Crippen molar-refractivity contribution in [1.82, 2.24) is 5.32 Å². The molecule has 1 saturated carbocycles. The molecule has 1 aromatic carbocycles. The van der Waals surface area contributed by atoms with E-state index < -0.39 is 10.7 Å². The van der Waals surface area contributed by atoms with E-state index in [9.17, 15) is 19.6 Å². The van der Waals surface area contributed by atoms with Gasteiger partial charge >= 0.3 is 0 Å². The van der Waals surface area contributed by atoms with E-state index in [-0.39, 0.29) is 18.8 Å². The highest BCUT2D eigenvalue weighted by molar-refractivity contribution is 5.40. The predicted octanol–water partition coefficient (Wildman–Crippen LogP) is 2.23. The Morgan fingerprint density at radius 2 is 2.15 bits per heavy atom. The predicted molar refractivity (Wildman–Crippen MR) is 72.7 cm³/mol. The third-order valence-corrected chi connectivity index (χ3v) is 4.01. The minimum absolute atomic E-state index is 0.0657. The van der Waals surface area contributed by atoms with Crippen molar-refractivity contribution in [2.45, 2.75) is 25.8 Å². The first-order valence-electron chi connectivity index (χ1n) is 6.86. The van der Waals surface area contributed by atoms with Gasteiger partial charge in [-0.1, -0.05) is 6.42 Å². The fraction of sp³-hybridized carbons (Fsp3) is 0.571. The highest BCUT2D eigenvalue weighted by Gasteiger charge is 2.26. The SMILES string of the molecule is O=[N+]([O-])c1ccc(F)cc1CNCC1CCCC1CO. The number of rotatable bonds is 6. The molecule has 1 fully saturated rings. The van der Waals surface area contributed by atoms with Crippen LogP contribution >= 0.6 is 0 Å². The Kier molecular flexibility index (Phi) is 5.03. The van der Waals surface area contributed by atoms with Gasteiger partial charge in [-0.15, -0.1) is 0 Å². The molecule has 2 rings (SSSR count). The number of nitrogens with zero attached hydrogens (tertiary/aromatic N) is 1. The van der Waals surface area contributed by atoms with Crippen LogP contribution in [0.15, 0.2) is 18.2 Å². The van der Waals surface area contributed by atoms with Crippen molar-refractivity contribution in [3.05, 3.63) is 39.7 Å². The van der Waals surface area contributed by atoms with Gasteiger partial charge in [0, 0.05) is 24.8 Å². The first-order valence-corrected chi connectivity index (χ1v) is 6.86. The van der Waals surface area contributed by atoms with Crippen molar-refractivity contribution in [1.29, 1.82) is 0 Å². The first kappa shape index (κ1) is 14.9. The Balaban J connectivity index is 1.93. The molecule has 2 N–H and O–H groups in total. The Morgan fingerprint density at radius 3 is 2.85 bits per heavy atom. The maximum atomic E-state index is 13.2. The summed E-state index contributed by atoms with van der Waals surface area (Å²) in [4.78, 5) is 10.4. The third-order valence-electron chi connectivity index (χ3n) is 4.01. The van der Waals surface area contributed by atoms with Crippen LogP contribution in [0.1, 0.15) is 24.8 Å². The normalized spacial score (nSPS) is 22.1. The van der Waals surface area contributed by atoms with Gasteiger partial charge in [0.15, 0.2) is 0 Å². The molecule has 1 aliphatic carbocycles. The Bertz CT molecular complexity index is 481. The van der Waals surface area contributed by atoms with Gasteiger partial charge in [0.05, 0.1) is 4.92 Å². The number of hydrogen-bond acceptors (Lipinski definition) is 4. The number of nitro groups is 1. The van der Waals surface area contributed by atoms with Crippen LogP contribution in [0.2, 0.25) is 0 Å². The zero-order valence-corrected chi connectivity index (χ0v) is 11.2. The molecule has 0 amide bonds. The molecule has 20 heavy (non-hydrogen) atoms. The van der Waals surface area contributed by atoms with Gasteiger partial charge in [0.25, 0.3) is 5.69 Å². The van der Waals surface area contributed by atoms with Gasteiger partial charge in [-0.3, -0.25) is 10.1 Å². The van der Waals surface area contributed by atoms with Crippen LogP contribution in [0.5, 0.6) is 0 Å². The summed E-state index contributed by atoms with van der Waals surface area (Å²) in [6.07, 6.45) is 3.20. The van der Waals surface area contributed by atoms with E-state index in [1.165, 1.54) is 12.1 Å². The summed E-state index contributed by atoms with van der Waals surface area (Å²) in [5.74, 6) is 0.235. The highest BCUT2D eigenvalue weighted by atomic mass is 19.1. The summed E-state index contributed by atoms with van der Waals surface area (Å²) < 4.78 is 13.2. The highest BCUT2D eigenvalue weighted by Crippen LogP contribution is 2.30. The van der Waals surface area contributed by atoms with Crippen LogP contribution in [-0.4, -0.2) is 23.2 Å². The Labute approximate surface area is 117 Å². The molecule has 1 aromatic rings. The molecule has 1 aliphatic rings. The lowest BCUT2D eigenvalue weighted by molar-refractivity contribution is -0.385. The van der Waals surface area contributed by atoms with Gasteiger partial charge in [-0.2, -0.15) is 0 Å². The van der Waals surface area contributed by atoms with E-state index in [0.29, 0.717) is 23.9 Å². The third kappa shape index (κ3) is 3.52. The molecule has 5 nitrogen and oxygen atoms in total. The molecule has 2 atom stereocenters. The maximum absolute atomic E-state index is 13.2. The molecule has 0 spiro atoms. The van der Waals surface area contributed by atoms with Crippen molar-refractivity contribution >= 4 is 5.69 Å². The number of nitrogens with one attached hydrogen (secondary N) is 1. The van der Waals surface area contributed by atoms with Gasteiger partial charge in [-0.25, -0.2) is 4.39 Å². The molecule has 2 unspecified atom stereocenters. The zero-order valence-electron chi connectivity index (χ0n) is 11.2. The second kappa shape index (κ2) is 6.76. The van der Waals surface area contributed by atoms with E-state index in [4.69, 9.17) is 0 Å². The molecule has 110 valence electrons. The molecule has 0 aromatic heterocycles. The molecular formula is C14H19FN2O3. The Morgan fingerprint density at radius 1 is 1.40 bits per heavy atom. The lowest BCUT2D eigenvalue weighted by Gasteiger charge is -2.17. The number of halogens is 1. The summed E-state index contributed by atoms with van der Waals surface area (Å²) in [7, 11) is 0. The molecule has 6 heteroatoms. The van der Waals surface area contributed by atoms with Crippen LogP contribution in [0, 0.1) is 27.8 Å². The summed E-state index contributed by atoms with van der Waals surface area (Å²) in [5.41, 5.74) is 0.289. The minimum Gasteiger partial charge on any atom is -0.396 e. The number of aliphatic hydroxyl groups is 1. The molecule has 0 aliphatic heterocycles. The van der Waals surface area contributed by atoms with Gasteiger partial charge in [0.2, 0.25) is 0 Å². The van der Waals surface area contributed by atoms with Crippen LogP contribution in [0.25, 0.3) is 0 Å². The van der Waals surface area contributed by atoms with Crippen molar-refractivity contribution in [2.75, 3.05) is 13.2 Å². The summed E-state index contributed by atoms with van der Waals surface area (Å²) >= 11 is 0. The largest absolute Gasteiger partial charge is 0.396 e. The van der Waals surface area contributed by atoms with E-state index in [1.807, 2.05) is 0 Å². The van der Waals surface area contributed by atoms with Crippen molar-refractivity contribution < 1.29 is 14.4 Å². The van der Waals surface area contributed by atoms with Crippen LogP contribution < -0.4 is 5.32 Å². The monoisotopic (exact) mass is 282 g/mol. The fourth-order valence-corrected chi connectivity index (χ4v) is 2.89. The number of aliphatic hydroxyl groups excluding tert-OH is 1. The average Bonchev–Trinajstić information content (AvgIpc) is 2.86.